The smallest absolute Gasteiger partial charge is 0.228 e. The number of nitrogens with one attached hydrogen (secondary N) is 1. The third-order valence-electron chi connectivity index (χ3n) is 3.52. The van der Waals surface area contributed by atoms with Crippen LogP contribution in [0.5, 0.6) is 11.5 Å². The van der Waals surface area contributed by atoms with Crippen LogP contribution < -0.4 is 14.8 Å². The maximum atomic E-state index is 12.2. The molecule has 0 fully saturated rings. The molecule has 4 heteroatoms. The lowest BCUT2D eigenvalue weighted by Crippen LogP contribution is -2.15. The van der Waals surface area contributed by atoms with E-state index in [1.165, 1.54) is 0 Å². The van der Waals surface area contributed by atoms with Crippen LogP contribution in [0.15, 0.2) is 42.5 Å². The summed E-state index contributed by atoms with van der Waals surface area (Å²) in [6, 6.07) is 13.3. The number of anilines is 1. The molecule has 0 aliphatic carbocycles. The molecule has 2 aromatic rings. The lowest BCUT2D eigenvalue weighted by molar-refractivity contribution is -0.115. The molecule has 1 heterocycles. The predicted octanol–water partition coefficient (Wildman–Crippen LogP) is 2.81. The SMILES string of the molecule is COc1ccccc1CC(=O)Nc1ccc2c(c1)CCO2. The van der Waals surface area contributed by atoms with E-state index in [4.69, 9.17) is 9.47 Å². The van der Waals surface area contributed by atoms with Crippen molar-refractivity contribution in [2.45, 2.75) is 12.8 Å². The summed E-state index contributed by atoms with van der Waals surface area (Å²) in [5.74, 6) is 1.59. The normalized spacial score (nSPS) is 12.4. The van der Waals surface area contributed by atoms with Crippen molar-refractivity contribution in [2.24, 2.45) is 0 Å². The molecule has 0 saturated carbocycles. The van der Waals surface area contributed by atoms with Crippen molar-refractivity contribution in [3.8, 4) is 11.5 Å². The highest BCUT2D eigenvalue weighted by atomic mass is 16.5. The first-order valence-corrected chi connectivity index (χ1v) is 6.94. The van der Waals surface area contributed by atoms with Gasteiger partial charge in [-0.2, -0.15) is 0 Å². The van der Waals surface area contributed by atoms with Gasteiger partial charge in [0, 0.05) is 17.7 Å². The Bertz CT molecular complexity index is 667. The molecule has 4 nitrogen and oxygen atoms in total. The van der Waals surface area contributed by atoms with E-state index in [9.17, 15) is 4.79 Å². The highest BCUT2D eigenvalue weighted by Gasteiger charge is 2.13. The molecule has 0 spiro atoms. The second-order valence-corrected chi connectivity index (χ2v) is 4.96. The summed E-state index contributed by atoms with van der Waals surface area (Å²) in [4.78, 5) is 12.2. The van der Waals surface area contributed by atoms with E-state index in [2.05, 4.69) is 5.32 Å². The van der Waals surface area contributed by atoms with Gasteiger partial charge in [0.2, 0.25) is 5.91 Å². The summed E-state index contributed by atoms with van der Waals surface area (Å²) in [6.07, 6.45) is 1.18. The number of carbonyl (C=O) groups excluding carboxylic acids is 1. The van der Waals surface area contributed by atoms with Gasteiger partial charge in [-0.1, -0.05) is 18.2 Å². The van der Waals surface area contributed by atoms with Gasteiger partial charge >= 0.3 is 0 Å². The molecule has 1 aliphatic heterocycles. The number of carbonyl (C=O) groups is 1. The van der Waals surface area contributed by atoms with Gasteiger partial charge in [-0.05, 0) is 29.8 Å². The maximum absolute atomic E-state index is 12.2. The van der Waals surface area contributed by atoms with E-state index in [1.807, 2.05) is 42.5 Å². The Balaban J connectivity index is 1.69. The van der Waals surface area contributed by atoms with Gasteiger partial charge in [-0.3, -0.25) is 4.79 Å². The minimum Gasteiger partial charge on any atom is -0.496 e. The Morgan fingerprint density at radius 1 is 1.29 bits per heavy atom. The number of ether oxygens (including phenoxy) is 2. The fraction of sp³-hybridized carbons (Fsp3) is 0.235. The first-order chi connectivity index (χ1) is 10.3. The molecule has 21 heavy (non-hydrogen) atoms. The summed E-state index contributed by atoms with van der Waals surface area (Å²) >= 11 is 0. The van der Waals surface area contributed by atoms with Gasteiger partial charge in [0.15, 0.2) is 0 Å². The molecule has 0 atom stereocenters. The molecule has 1 amide bonds. The Morgan fingerprint density at radius 3 is 3.00 bits per heavy atom. The topological polar surface area (TPSA) is 47.6 Å². The van der Waals surface area contributed by atoms with Crippen LogP contribution in [-0.4, -0.2) is 19.6 Å². The molecule has 0 radical (unpaired) electrons. The Hall–Kier alpha value is -2.49. The highest BCUT2D eigenvalue weighted by Crippen LogP contribution is 2.28. The van der Waals surface area contributed by atoms with Crippen LogP contribution >= 0.6 is 0 Å². The minimum atomic E-state index is -0.0571. The maximum Gasteiger partial charge on any atom is 0.228 e. The number of para-hydroxylation sites is 1. The van der Waals surface area contributed by atoms with Crippen LogP contribution in [0.25, 0.3) is 0 Å². The van der Waals surface area contributed by atoms with E-state index in [0.29, 0.717) is 6.61 Å². The number of rotatable bonds is 4. The van der Waals surface area contributed by atoms with Crippen molar-refractivity contribution in [1.29, 1.82) is 0 Å². The monoisotopic (exact) mass is 283 g/mol. The quantitative estimate of drug-likeness (QED) is 0.938. The second-order valence-electron chi connectivity index (χ2n) is 4.96. The van der Waals surface area contributed by atoms with Crippen LogP contribution in [0.2, 0.25) is 0 Å². The van der Waals surface area contributed by atoms with E-state index in [1.54, 1.807) is 7.11 Å². The minimum absolute atomic E-state index is 0.0571. The first kappa shape index (κ1) is 13.5. The summed E-state index contributed by atoms with van der Waals surface area (Å²) < 4.78 is 10.7. The van der Waals surface area contributed by atoms with Crippen molar-refractivity contribution in [2.75, 3.05) is 19.0 Å². The van der Waals surface area contributed by atoms with Gasteiger partial charge in [-0.15, -0.1) is 0 Å². The third kappa shape index (κ3) is 2.99. The van der Waals surface area contributed by atoms with Crippen molar-refractivity contribution < 1.29 is 14.3 Å². The Labute approximate surface area is 123 Å². The van der Waals surface area contributed by atoms with Gasteiger partial charge in [0.25, 0.3) is 0 Å². The number of hydrogen-bond acceptors (Lipinski definition) is 3. The Morgan fingerprint density at radius 2 is 2.14 bits per heavy atom. The van der Waals surface area contributed by atoms with E-state index in [-0.39, 0.29) is 12.3 Å². The predicted molar refractivity (Wildman–Crippen MR) is 81.0 cm³/mol. The summed E-state index contributed by atoms with van der Waals surface area (Å²) in [5, 5.41) is 2.92. The van der Waals surface area contributed by atoms with Crippen LogP contribution in [-0.2, 0) is 17.6 Å². The third-order valence-corrected chi connectivity index (χ3v) is 3.52. The number of hydrogen-bond donors (Lipinski definition) is 1. The molecule has 3 rings (SSSR count). The summed E-state index contributed by atoms with van der Waals surface area (Å²) in [7, 11) is 1.61. The lowest BCUT2D eigenvalue weighted by Gasteiger charge is -2.09. The summed E-state index contributed by atoms with van der Waals surface area (Å²) in [6.45, 7) is 0.716. The van der Waals surface area contributed by atoms with E-state index in [0.717, 1.165) is 34.7 Å². The molecule has 1 N–H and O–H groups in total. The lowest BCUT2D eigenvalue weighted by atomic mass is 10.1. The number of benzene rings is 2. The molecule has 0 unspecified atom stereocenters. The van der Waals surface area contributed by atoms with Gasteiger partial charge in [-0.25, -0.2) is 0 Å². The van der Waals surface area contributed by atoms with Crippen molar-refractivity contribution >= 4 is 11.6 Å². The zero-order chi connectivity index (χ0) is 14.7. The number of fused-ring (bicyclic) bond motifs is 1. The number of methoxy groups -OCH3 is 1. The molecule has 0 bridgehead atoms. The zero-order valence-electron chi connectivity index (χ0n) is 11.9. The molecular weight excluding hydrogens is 266 g/mol. The molecule has 1 aliphatic rings. The number of amides is 1. The molecule has 2 aromatic carbocycles. The molecule has 108 valence electrons. The Kier molecular flexibility index (Phi) is 3.77. The zero-order valence-corrected chi connectivity index (χ0v) is 11.9. The van der Waals surface area contributed by atoms with Gasteiger partial charge in [0.05, 0.1) is 20.1 Å². The fourth-order valence-corrected chi connectivity index (χ4v) is 2.49. The second kappa shape index (κ2) is 5.87. The molecule has 0 aromatic heterocycles. The van der Waals surface area contributed by atoms with Crippen molar-refractivity contribution in [1.82, 2.24) is 0 Å². The first-order valence-electron chi connectivity index (χ1n) is 6.94. The van der Waals surface area contributed by atoms with Crippen LogP contribution in [0.4, 0.5) is 5.69 Å². The molecule has 0 saturated heterocycles. The van der Waals surface area contributed by atoms with Crippen molar-refractivity contribution in [3.05, 3.63) is 53.6 Å². The van der Waals surface area contributed by atoms with Crippen molar-refractivity contribution in [3.63, 3.8) is 0 Å². The van der Waals surface area contributed by atoms with Crippen LogP contribution in [0.1, 0.15) is 11.1 Å². The van der Waals surface area contributed by atoms with E-state index < -0.39 is 0 Å². The average molecular weight is 283 g/mol. The van der Waals surface area contributed by atoms with Gasteiger partial charge < -0.3 is 14.8 Å². The van der Waals surface area contributed by atoms with Gasteiger partial charge in [0.1, 0.15) is 11.5 Å². The van der Waals surface area contributed by atoms with E-state index >= 15 is 0 Å². The molecular formula is C17H17NO3. The standard InChI is InChI=1S/C17H17NO3/c1-20-15-5-3-2-4-12(15)11-17(19)18-14-6-7-16-13(10-14)8-9-21-16/h2-7,10H,8-9,11H2,1H3,(H,18,19). The fourth-order valence-electron chi connectivity index (χ4n) is 2.49. The highest BCUT2D eigenvalue weighted by molar-refractivity contribution is 5.92. The summed E-state index contributed by atoms with van der Waals surface area (Å²) in [5.41, 5.74) is 2.83. The van der Waals surface area contributed by atoms with Crippen LogP contribution in [0, 0.1) is 0 Å². The van der Waals surface area contributed by atoms with Crippen LogP contribution in [0.3, 0.4) is 0 Å². The largest absolute Gasteiger partial charge is 0.496 e. The average Bonchev–Trinajstić information content (AvgIpc) is 2.95.